The number of hydrogen-bond acceptors (Lipinski definition) is 3. The van der Waals surface area contributed by atoms with E-state index in [0.717, 1.165) is 42.5 Å². The van der Waals surface area contributed by atoms with Crippen molar-refractivity contribution in [3.05, 3.63) is 69.1 Å². The van der Waals surface area contributed by atoms with E-state index in [-0.39, 0.29) is 29.5 Å². The quantitative estimate of drug-likeness (QED) is 0.871. The molecule has 1 aromatic carbocycles. The molecule has 1 aliphatic carbocycles. The molecule has 6 nitrogen and oxygen atoms in total. The van der Waals surface area contributed by atoms with Crippen molar-refractivity contribution in [1.29, 1.82) is 0 Å². The zero-order valence-electron chi connectivity index (χ0n) is 15.0. The summed E-state index contributed by atoms with van der Waals surface area (Å²) in [6.45, 7) is 0.417. The lowest BCUT2D eigenvalue weighted by Crippen LogP contribution is -2.34. The van der Waals surface area contributed by atoms with Crippen molar-refractivity contribution in [2.24, 2.45) is 5.92 Å². The van der Waals surface area contributed by atoms with E-state index >= 15 is 0 Å². The molecule has 1 saturated heterocycles. The number of H-pyrrole nitrogens is 1. The second kappa shape index (κ2) is 7.02. The lowest BCUT2D eigenvalue weighted by atomic mass is 9.89. The lowest BCUT2D eigenvalue weighted by Gasteiger charge is -2.19. The third kappa shape index (κ3) is 3.27. The number of rotatable bonds is 3. The van der Waals surface area contributed by atoms with Crippen LogP contribution in [-0.2, 0) is 17.6 Å². The van der Waals surface area contributed by atoms with Crippen LogP contribution in [0.3, 0.4) is 0 Å². The van der Waals surface area contributed by atoms with E-state index in [4.69, 9.17) is 0 Å². The molecule has 0 saturated carbocycles. The van der Waals surface area contributed by atoms with Crippen molar-refractivity contribution in [3.8, 4) is 0 Å². The Kier molecular flexibility index (Phi) is 4.56. The van der Waals surface area contributed by atoms with E-state index in [0.29, 0.717) is 6.54 Å². The monoisotopic (exact) mass is 366 g/mol. The van der Waals surface area contributed by atoms with Crippen LogP contribution in [0.25, 0.3) is 0 Å². The van der Waals surface area contributed by atoms with E-state index in [9.17, 15) is 19.5 Å². The van der Waals surface area contributed by atoms with Gasteiger partial charge in [0.05, 0.1) is 5.92 Å². The Morgan fingerprint density at radius 1 is 1.07 bits per heavy atom. The Morgan fingerprint density at radius 2 is 1.81 bits per heavy atom. The topological polar surface area (TPSA) is 90.5 Å². The number of carbonyl (C=O) groups excluding carboxylic acids is 1. The largest absolute Gasteiger partial charge is 0.481 e. The summed E-state index contributed by atoms with van der Waals surface area (Å²) in [6, 6.07) is 11.1. The van der Waals surface area contributed by atoms with E-state index in [2.05, 4.69) is 4.98 Å². The van der Waals surface area contributed by atoms with Gasteiger partial charge in [-0.1, -0.05) is 30.3 Å². The number of aryl methyl sites for hydroxylation is 2. The van der Waals surface area contributed by atoms with Crippen LogP contribution in [0, 0.1) is 5.92 Å². The van der Waals surface area contributed by atoms with Gasteiger partial charge in [0.2, 0.25) is 0 Å². The van der Waals surface area contributed by atoms with Crippen LogP contribution in [0.1, 0.15) is 45.9 Å². The third-order valence-electron chi connectivity index (χ3n) is 5.72. The zero-order chi connectivity index (χ0) is 19.0. The summed E-state index contributed by atoms with van der Waals surface area (Å²) >= 11 is 0. The Hall–Kier alpha value is -2.89. The fourth-order valence-corrected chi connectivity index (χ4v) is 4.26. The number of aliphatic carboxylic acids is 1. The maximum absolute atomic E-state index is 13.0. The molecule has 1 aliphatic heterocycles. The fourth-order valence-electron chi connectivity index (χ4n) is 4.26. The summed E-state index contributed by atoms with van der Waals surface area (Å²) in [5, 5.41) is 9.62. The van der Waals surface area contributed by atoms with Crippen LogP contribution in [0.5, 0.6) is 0 Å². The predicted octanol–water partition coefficient (Wildman–Crippen LogP) is 2.19. The molecule has 1 fully saturated rings. The number of carboxylic acids is 1. The van der Waals surface area contributed by atoms with Gasteiger partial charge >= 0.3 is 5.97 Å². The van der Waals surface area contributed by atoms with Gasteiger partial charge < -0.3 is 15.0 Å². The van der Waals surface area contributed by atoms with Gasteiger partial charge in [0, 0.05) is 24.7 Å². The first-order chi connectivity index (χ1) is 13.0. The number of carboxylic acid groups (broad SMARTS) is 1. The van der Waals surface area contributed by atoms with Gasteiger partial charge in [0.25, 0.3) is 11.5 Å². The minimum Gasteiger partial charge on any atom is -0.481 e. The Bertz CT molecular complexity index is 935. The molecule has 140 valence electrons. The number of hydrogen-bond donors (Lipinski definition) is 2. The first-order valence-electron chi connectivity index (χ1n) is 9.36. The summed E-state index contributed by atoms with van der Waals surface area (Å²) in [5.41, 5.74) is 2.59. The minimum absolute atomic E-state index is 0.115. The van der Waals surface area contributed by atoms with Crippen molar-refractivity contribution in [1.82, 2.24) is 9.88 Å². The van der Waals surface area contributed by atoms with Gasteiger partial charge in [-0.15, -0.1) is 0 Å². The SMILES string of the molecule is O=C(O)[C@@H]1CN(C(=O)c2cc3c([nH]c2=O)CCCC3)C[C@H]1c1ccccc1. The molecule has 2 N–H and O–H groups in total. The molecular weight excluding hydrogens is 344 g/mol. The number of fused-ring (bicyclic) bond motifs is 1. The Labute approximate surface area is 156 Å². The van der Waals surface area contributed by atoms with Crippen molar-refractivity contribution in [2.45, 2.75) is 31.6 Å². The fraction of sp³-hybridized carbons (Fsp3) is 0.381. The molecule has 1 amide bonds. The predicted molar refractivity (Wildman–Crippen MR) is 99.9 cm³/mol. The second-order valence-electron chi connectivity index (χ2n) is 7.40. The van der Waals surface area contributed by atoms with E-state index in [1.807, 2.05) is 30.3 Å². The molecule has 0 spiro atoms. The summed E-state index contributed by atoms with van der Waals surface area (Å²) < 4.78 is 0. The molecule has 2 atom stereocenters. The Balaban J connectivity index is 1.63. The van der Waals surface area contributed by atoms with Gasteiger partial charge in [0.1, 0.15) is 5.56 Å². The number of nitrogens with zero attached hydrogens (tertiary/aromatic N) is 1. The summed E-state index contributed by atoms with van der Waals surface area (Å²) in [5.74, 6) is -2.25. The van der Waals surface area contributed by atoms with Crippen molar-refractivity contribution in [2.75, 3.05) is 13.1 Å². The minimum atomic E-state index is -0.918. The molecule has 2 aromatic rings. The molecule has 0 radical (unpaired) electrons. The molecule has 0 bridgehead atoms. The van der Waals surface area contributed by atoms with Crippen molar-refractivity contribution in [3.63, 3.8) is 0 Å². The van der Waals surface area contributed by atoms with Gasteiger partial charge in [-0.25, -0.2) is 0 Å². The number of aromatic amines is 1. The number of carbonyl (C=O) groups is 2. The summed E-state index contributed by atoms with van der Waals surface area (Å²) in [4.78, 5) is 41.6. The number of benzene rings is 1. The molecule has 4 rings (SSSR count). The number of likely N-dealkylation sites (tertiary alicyclic amines) is 1. The zero-order valence-corrected chi connectivity index (χ0v) is 15.0. The maximum Gasteiger partial charge on any atom is 0.308 e. The summed E-state index contributed by atoms with van der Waals surface area (Å²) in [7, 11) is 0. The molecule has 6 heteroatoms. The third-order valence-corrected chi connectivity index (χ3v) is 5.72. The standard InChI is InChI=1S/C21H22N2O4/c24-19-15(10-14-8-4-5-9-18(14)22-19)20(25)23-11-16(17(12-23)21(26)27)13-6-2-1-3-7-13/h1-3,6-7,10,16-17H,4-5,8-9,11-12H2,(H,22,24)(H,26,27)/t16-,17+/m0/s1. The first kappa shape index (κ1) is 17.5. The normalized spacial score (nSPS) is 21.7. The van der Waals surface area contributed by atoms with Gasteiger partial charge in [0.15, 0.2) is 0 Å². The van der Waals surface area contributed by atoms with Crippen molar-refractivity contribution >= 4 is 11.9 Å². The Morgan fingerprint density at radius 3 is 2.56 bits per heavy atom. The highest BCUT2D eigenvalue weighted by molar-refractivity contribution is 5.95. The molecule has 2 heterocycles. The smallest absolute Gasteiger partial charge is 0.308 e. The van der Waals surface area contributed by atoms with Crippen LogP contribution in [0.15, 0.2) is 41.2 Å². The molecule has 0 unspecified atom stereocenters. The number of nitrogens with one attached hydrogen (secondary N) is 1. The highest BCUT2D eigenvalue weighted by atomic mass is 16.4. The second-order valence-corrected chi connectivity index (χ2v) is 7.40. The van der Waals surface area contributed by atoms with Crippen LogP contribution in [0.4, 0.5) is 0 Å². The molecule has 2 aliphatic rings. The molecular formula is C21H22N2O4. The average Bonchev–Trinajstić information content (AvgIpc) is 3.13. The van der Waals surface area contributed by atoms with Gasteiger partial charge in [-0.2, -0.15) is 0 Å². The van der Waals surface area contributed by atoms with E-state index < -0.39 is 11.9 Å². The van der Waals surface area contributed by atoms with E-state index in [1.54, 1.807) is 6.07 Å². The number of pyridine rings is 1. The maximum atomic E-state index is 13.0. The van der Waals surface area contributed by atoms with Crippen LogP contribution < -0.4 is 5.56 Å². The molecule has 27 heavy (non-hydrogen) atoms. The highest BCUT2D eigenvalue weighted by Gasteiger charge is 2.41. The van der Waals surface area contributed by atoms with Gasteiger partial charge in [-0.3, -0.25) is 14.4 Å². The first-order valence-corrected chi connectivity index (χ1v) is 9.36. The highest BCUT2D eigenvalue weighted by Crippen LogP contribution is 2.33. The number of aromatic nitrogens is 1. The molecule has 1 aromatic heterocycles. The lowest BCUT2D eigenvalue weighted by molar-refractivity contribution is -0.141. The summed E-state index contributed by atoms with van der Waals surface area (Å²) in [6.07, 6.45) is 3.78. The average molecular weight is 366 g/mol. The van der Waals surface area contributed by atoms with Crippen LogP contribution in [0.2, 0.25) is 0 Å². The van der Waals surface area contributed by atoms with Crippen molar-refractivity contribution < 1.29 is 14.7 Å². The number of amides is 1. The van der Waals surface area contributed by atoms with Crippen LogP contribution >= 0.6 is 0 Å². The van der Waals surface area contributed by atoms with E-state index in [1.165, 1.54) is 4.90 Å². The van der Waals surface area contributed by atoms with Gasteiger partial charge in [-0.05, 0) is 42.9 Å². The van der Waals surface area contributed by atoms with Crippen LogP contribution in [-0.4, -0.2) is 40.0 Å².